The first kappa shape index (κ1) is 18.0. The number of halogens is 1. The standard InChI is InChI=1S/C15H21ClN2O4S/c1-10(2)18(9-11-4-7-15(19)17-11)23(20,21)12-5-6-14(22-3)13(16)8-12/h5-6,8,10-11H,4,7,9H2,1-3H3,(H,17,19). The molecule has 2 rings (SSSR count). The second kappa shape index (κ2) is 7.07. The fraction of sp³-hybridized carbons (Fsp3) is 0.533. The first-order valence-corrected chi connectivity index (χ1v) is 9.22. The molecule has 0 spiro atoms. The molecule has 1 N–H and O–H groups in total. The summed E-state index contributed by atoms with van der Waals surface area (Å²) in [7, 11) is -2.24. The molecule has 23 heavy (non-hydrogen) atoms. The quantitative estimate of drug-likeness (QED) is 0.842. The van der Waals surface area contributed by atoms with E-state index in [1.54, 1.807) is 13.8 Å². The Morgan fingerprint density at radius 3 is 2.61 bits per heavy atom. The van der Waals surface area contributed by atoms with Crippen LogP contribution in [0.3, 0.4) is 0 Å². The van der Waals surface area contributed by atoms with Gasteiger partial charge in [-0.2, -0.15) is 4.31 Å². The fourth-order valence-electron chi connectivity index (χ4n) is 2.56. The lowest BCUT2D eigenvalue weighted by Gasteiger charge is -2.28. The molecule has 1 unspecified atom stereocenters. The summed E-state index contributed by atoms with van der Waals surface area (Å²) >= 11 is 6.04. The summed E-state index contributed by atoms with van der Waals surface area (Å²) in [6.45, 7) is 3.86. The molecule has 1 saturated heterocycles. The summed E-state index contributed by atoms with van der Waals surface area (Å²) < 4.78 is 32.3. The summed E-state index contributed by atoms with van der Waals surface area (Å²) in [5.41, 5.74) is 0. The molecule has 0 radical (unpaired) electrons. The van der Waals surface area contributed by atoms with Crippen LogP contribution in [-0.4, -0.2) is 44.4 Å². The van der Waals surface area contributed by atoms with Crippen LogP contribution in [-0.2, 0) is 14.8 Å². The van der Waals surface area contributed by atoms with Crippen LogP contribution in [0.1, 0.15) is 26.7 Å². The second-order valence-corrected chi connectivity index (χ2v) is 8.07. The Morgan fingerprint density at radius 2 is 2.13 bits per heavy atom. The van der Waals surface area contributed by atoms with Gasteiger partial charge in [-0.1, -0.05) is 11.6 Å². The van der Waals surface area contributed by atoms with E-state index in [-0.39, 0.29) is 34.5 Å². The number of hydrogen-bond donors (Lipinski definition) is 1. The smallest absolute Gasteiger partial charge is 0.243 e. The maximum atomic E-state index is 12.9. The topological polar surface area (TPSA) is 75.7 Å². The van der Waals surface area contributed by atoms with Gasteiger partial charge in [0.2, 0.25) is 15.9 Å². The van der Waals surface area contributed by atoms with Crippen LogP contribution in [0.15, 0.2) is 23.1 Å². The molecule has 1 aromatic rings. The van der Waals surface area contributed by atoms with Crippen LogP contribution in [0.2, 0.25) is 5.02 Å². The molecule has 1 fully saturated rings. The van der Waals surface area contributed by atoms with E-state index in [1.165, 1.54) is 29.6 Å². The first-order valence-electron chi connectivity index (χ1n) is 7.40. The third-order valence-electron chi connectivity index (χ3n) is 3.79. The lowest BCUT2D eigenvalue weighted by atomic mass is 10.2. The normalized spacial score (nSPS) is 18.5. The van der Waals surface area contributed by atoms with Crippen LogP contribution in [0.4, 0.5) is 0 Å². The van der Waals surface area contributed by atoms with Crippen LogP contribution < -0.4 is 10.1 Å². The molecule has 0 bridgehead atoms. The zero-order valence-electron chi connectivity index (χ0n) is 13.4. The molecule has 1 aliphatic rings. The van der Waals surface area contributed by atoms with E-state index in [0.717, 1.165) is 0 Å². The number of rotatable bonds is 6. The van der Waals surface area contributed by atoms with E-state index in [4.69, 9.17) is 16.3 Å². The van der Waals surface area contributed by atoms with Gasteiger partial charge in [-0.3, -0.25) is 4.79 Å². The fourth-order valence-corrected chi connectivity index (χ4v) is 4.59. The Hall–Kier alpha value is -1.31. The number of ether oxygens (including phenoxy) is 1. The Bertz CT molecular complexity index is 691. The zero-order chi connectivity index (χ0) is 17.2. The minimum atomic E-state index is -3.71. The molecule has 1 atom stereocenters. The lowest BCUT2D eigenvalue weighted by molar-refractivity contribution is -0.119. The van der Waals surface area contributed by atoms with Crippen molar-refractivity contribution in [3.05, 3.63) is 23.2 Å². The molecule has 1 aliphatic heterocycles. The summed E-state index contributed by atoms with van der Waals surface area (Å²) in [5.74, 6) is 0.383. The SMILES string of the molecule is COc1ccc(S(=O)(=O)N(CC2CCC(=O)N2)C(C)C)cc1Cl. The third-order valence-corrected chi connectivity index (χ3v) is 6.12. The monoisotopic (exact) mass is 360 g/mol. The van der Waals surface area contributed by atoms with Crippen molar-refractivity contribution < 1.29 is 17.9 Å². The van der Waals surface area contributed by atoms with Gasteiger partial charge >= 0.3 is 0 Å². The first-order chi connectivity index (χ1) is 10.8. The predicted molar refractivity (Wildman–Crippen MR) is 88.2 cm³/mol. The number of benzene rings is 1. The maximum absolute atomic E-state index is 12.9. The van der Waals surface area contributed by atoms with Crippen molar-refractivity contribution >= 4 is 27.5 Å². The maximum Gasteiger partial charge on any atom is 0.243 e. The van der Waals surface area contributed by atoms with Gasteiger partial charge < -0.3 is 10.1 Å². The van der Waals surface area contributed by atoms with Crippen LogP contribution >= 0.6 is 11.6 Å². The molecule has 0 aliphatic carbocycles. The number of carbonyl (C=O) groups excluding carboxylic acids is 1. The summed E-state index contributed by atoms with van der Waals surface area (Å²) in [4.78, 5) is 11.4. The molecular formula is C15H21ClN2O4S. The Balaban J connectivity index is 2.29. The molecular weight excluding hydrogens is 340 g/mol. The molecule has 1 aromatic carbocycles. The summed E-state index contributed by atoms with van der Waals surface area (Å²) in [5, 5.41) is 3.04. The van der Waals surface area contributed by atoms with Crippen molar-refractivity contribution in [2.24, 2.45) is 0 Å². The average molecular weight is 361 g/mol. The summed E-state index contributed by atoms with van der Waals surface area (Å²) in [6.07, 6.45) is 1.08. The number of nitrogens with one attached hydrogen (secondary N) is 1. The Morgan fingerprint density at radius 1 is 1.43 bits per heavy atom. The molecule has 1 heterocycles. The molecule has 8 heteroatoms. The van der Waals surface area contributed by atoms with Crippen LogP contribution in [0.25, 0.3) is 0 Å². The van der Waals surface area contributed by atoms with Crippen molar-refractivity contribution in [3.8, 4) is 5.75 Å². The van der Waals surface area contributed by atoms with Gasteiger partial charge in [0.15, 0.2) is 0 Å². The minimum Gasteiger partial charge on any atom is -0.495 e. The van der Waals surface area contributed by atoms with Crippen LogP contribution in [0.5, 0.6) is 5.75 Å². The summed E-state index contributed by atoms with van der Waals surface area (Å²) in [6, 6.07) is 4.00. The predicted octanol–water partition coefficient (Wildman–Crippen LogP) is 2.03. The lowest BCUT2D eigenvalue weighted by Crippen LogP contribution is -2.45. The van der Waals surface area contributed by atoms with E-state index in [9.17, 15) is 13.2 Å². The molecule has 128 valence electrons. The van der Waals surface area contributed by atoms with Crippen molar-refractivity contribution in [1.29, 1.82) is 0 Å². The number of hydrogen-bond acceptors (Lipinski definition) is 4. The molecule has 6 nitrogen and oxygen atoms in total. The number of amides is 1. The van der Waals surface area contributed by atoms with Gasteiger partial charge in [-0.15, -0.1) is 0 Å². The van der Waals surface area contributed by atoms with E-state index in [0.29, 0.717) is 18.6 Å². The zero-order valence-corrected chi connectivity index (χ0v) is 14.9. The van der Waals surface area contributed by atoms with Crippen LogP contribution in [0, 0.1) is 0 Å². The van der Waals surface area contributed by atoms with E-state index < -0.39 is 10.0 Å². The highest BCUT2D eigenvalue weighted by Crippen LogP contribution is 2.29. The van der Waals surface area contributed by atoms with Crippen molar-refractivity contribution in [2.75, 3.05) is 13.7 Å². The highest BCUT2D eigenvalue weighted by molar-refractivity contribution is 7.89. The molecule has 0 aromatic heterocycles. The Labute approximate surface area is 141 Å². The number of methoxy groups -OCH3 is 1. The third kappa shape index (κ3) is 3.97. The van der Waals surface area contributed by atoms with Gasteiger partial charge in [0.25, 0.3) is 0 Å². The van der Waals surface area contributed by atoms with Gasteiger partial charge in [0.05, 0.1) is 17.0 Å². The highest BCUT2D eigenvalue weighted by Gasteiger charge is 2.32. The minimum absolute atomic E-state index is 0.0383. The number of sulfonamides is 1. The van der Waals surface area contributed by atoms with E-state index in [1.807, 2.05) is 0 Å². The Kier molecular flexibility index (Phi) is 5.54. The van der Waals surface area contributed by atoms with Crippen molar-refractivity contribution in [1.82, 2.24) is 9.62 Å². The van der Waals surface area contributed by atoms with Gasteiger partial charge in [0, 0.05) is 25.0 Å². The second-order valence-electron chi connectivity index (χ2n) is 5.77. The number of nitrogens with zero attached hydrogens (tertiary/aromatic N) is 1. The molecule has 1 amide bonds. The highest BCUT2D eigenvalue weighted by atomic mass is 35.5. The van der Waals surface area contributed by atoms with Gasteiger partial charge in [-0.25, -0.2) is 8.42 Å². The van der Waals surface area contributed by atoms with Gasteiger partial charge in [0.1, 0.15) is 5.75 Å². The number of carbonyl (C=O) groups is 1. The molecule has 0 saturated carbocycles. The van der Waals surface area contributed by atoms with Crippen molar-refractivity contribution in [2.45, 2.75) is 43.7 Å². The van der Waals surface area contributed by atoms with E-state index >= 15 is 0 Å². The van der Waals surface area contributed by atoms with E-state index in [2.05, 4.69) is 5.32 Å². The van der Waals surface area contributed by atoms with Gasteiger partial charge in [-0.05, 0) is 38.5 Å². The average Bonchev–Trinajstić information content (AvgIpc) is 2.89. The largest absolute Gasteiger partial charge is 0.495 e. The van der Waals surface area contributed by atoms with Crippen molar-refractivity contribution in [3.63, 3.8) is 0 Å².